The van der Waals surface area contributed by atoms with Crippen LogP contribution in [0.25, 0.3) is 0 Å². The molecule has 1 fully saturated rings. The Balaban J connectivity index is 1.57. The van der Waals surface area contributed by atoms with Crippen molar-refractivity contribution in [1.29, 1.82) is 0 Å². The topological polar surface area (TPSA) is 56.3 Å². The number of aromatic nitrogens is 2. The quantitative estimate of drug-likeness (QED) is 0.854. The first-order valence-corrected chi connectivity index (χ1v) is 6.95. The predicted molar refractivity (Wildman–Crippen MR) is 78.1 cm³/mol. The number of hydrogen-bond acceptors (Lipinski definition) is 4. The monoisotopic (exact) mass is 272 g/mol. The molecule has 1 atom stereocenters. The second-order valence-electron chi connectivity index (χ2n) is 5.20. The molecule has 0 spiro atoms. The highest BCUT2D eigenvalue weighted by Crippen LogP contribution is 2.13. The Bertz CT molecular complexity index is 541. The number of ether oxygens (including phenoxy) is 1. The van der Waals surface area contributed by atoms with Crippen molar-refractivity contribution in [2.45, 2.75) is 19.2 Å². The molecule has 106 valence electrons. The molecule has 1 saturated heterocycles. The van der Waals surface area contributed by atoms with Crippen LogP contribution in [0.1, 0.15) is 5.56 Å². The van der Waals surface area contributed by atoms with Gasteiger partial charge in [0.2, 0.25) is 0 Å². The van der Waals surface area contributed by atoms with E-state index in [9.17, 15) is 0 Å². The van der Waals surface area contributed by atoms with E-state index in [1.165, 1.54) is 5.56 Å². The van der Waals surface area contributed by atoms with E-state index in [1.54, 1.807) is 6.20 Å². The molecular weight excluding hydrogens is 252 g/mol. The van der Waals surface area contributed by atoms with Crippen LogP contribution in [0.5, 0.6) is 0 Å². The van der Waals surface area contributed by atoms with Crippen LogP contribution in [0.4, 0.5) is 5.69 Å². The lowest BCUT2D eigenvalue weighted by Crippen LogP contribution is -2.43. The zero-order chi connectivity index (χ0) is 13.8. The smallest absolute Gasteiger partial charge is 0.0898 e. The summed E-state index contributed by atoms with van der Waals surface area (Å²) in [6.07, 6.45) is 3.97. The number of nitrogens with two attached hydrogens (primary N) is 1. The zero-order valence-corrected chi connectivity index (χ0v) is 11.5. The normalized spacial score (nSPS) is 20.1. The van der Waals surface area contributed by atoms with Crippen molar-refractivity contribution in [1.82, 2.24) is 14.7 Å². The summed E-state index contributed by atoms with van der Waals surface area (Å²) >= 11 is 0. The molecule has 0 saturated carbocycles. The number of anilines is 1. The molecule has 1 aromatic heterocycles. The zero-order valence-electron chi connectivity index (χ0n) is 11.5. The molecule has 0 amide bonds. The summed E-state index contributed by atoms with van der Waals surface area (Å²) in [5, 5.41) is 4.23. The highest BCUT2D eigenvalue weighted by atomic mass is 16.5. The minimum Gasteiger partial charge on any atom is -0.399 e. The van der Waals surface area contributed by atoms with Gasteiger partial charge in [0.05, 0.1) is 19.3 Å². The molecule has 5 nitrogen and oxygen atoms in total. The second kappa shape index (κ2) is 6.07. The summed E-state index contributed by atoms with van der Waals surface area (Å²) in [6, 6.07) is 10.0. The van der Waals surface area contributed by atoms with Crippen LogP contribution < -0.4 is 5.73 Å². The molecule has 1 aliphatic heterocycles. The van der Waals surface area contributed by atoms with E-state index in [2.05, 4.69) is 16.1 Å². The Labute approximate surface area is 118 Å². The predicted octanol–water partition coefficient (Wildman–Crippen LogP) is 1.37. The number of nitrogens with zero attached hydrogens (tertiary/aromatic N) is 3. The first-order chi connectivity index (χ1) is 9.79. The van der Waals surface area contributed by atoms with E-state index >= 15 is 0 Å². The Morgan fingerprint density at radius 3 is 3.10 bits per heavy atom. The van der Waals surface area contributed by atoms with Crippen LogP contribution in [-0.2, 0) is 17.8 Å². The standard InChI is InChI=1S/C15H20N4O/c16-14-4-1-3-13(9-14)10-18-7-8-20-15(11-18)12-19-6-2-5-17-19/h1-6,9,15H,7-8,10-12,16H2. The Morgan fingerprint density at radius 1 is 1.35 bits per heavy atom. The molecule has 1 aliphatic rings. The van der Waals surface area contributed by atoms with Gasteiger partial charge in [0.1, 0.15) is 0 Å². The van der Waals surface area contributed by atoms with Crippen LogP contribution in [0.15, 0.2) is 42.7 Å². The van der Waals surface area contributed by atoms with Crippen LogP contribution >= 0.6 is 0 Å². The molecule has 2 N–H and O–H groups in total. The van der Waals surface area contributed by atoms with Gasteiger partial charge in [-0.05, 0) is 23.8 Å². The molecule has 20 heavy (non-hydrogen) atoms. The third-order valence-electron chi connectivity index (χ3n) is 3.53. The summed E-state index contributed by atoms with van der Waals surface area (Å²) in [5.74, 6) is 0. The van der Waals surface area contributed by atoms with Crippen LogP contribution in [0.3, 0.4) is 0 Å². The van der Waals surface area contributed by atoms with Gasteiger partial charge >= 0.3 is 0 Å². The van der Waals surface area contributed by atoms with Crippen molar-refractivity contribution < 1.29 is 4.74 Å². The fourth-order valence-corrected chi connectivity index (χ4v) is 2.60. The van der Waals surface area contributed by atoms with Gasteiger partial charge in [-0.25, -0.2) is 0 Å². The maximum absolute atomic E-state index is 5.83. The van der Waals surface area contributed by atoms with Crippen molar-refractivity contribution in [3.63, 3.8) is 0 Å². The van der Waals surface area contributed by atoms with Crippen LogP contribution in [0.2, 0.25) is 0 Å². The van der Waals surface area contributed by atoms with Gasteiger partial charge < -0.3 is 10.5 Å². The highest BCUT2D eigenvalue weighted by Gasteiger charge is 2.21. The summed E-state index contributed by atoms with van der Waals surface area (Å²) < 4.78 is 7.74. The summed E-state index contributed by atoms with van der Waals surface area (Å²) in [7, 11) is 0. The van der Waals surface area contributed by atoms with Gasteiger partial charge in [-0.3, -0.25) is 9.58 Å². The van der Waals surface area contributed by atoms with E-state index in [4.69, 9.17) is 10.5 Å². The number of morpholine rings is 1. The molecule has 0 radical (unpaired) electrons. The minimum absolute atomic E-state index is 0.199. The van der Waals surface area contributed by atoms with E-state index < -0.39 is 0 Å². The van der Waals surface area contributed by atoms with Crippen LogP contribution in [0, 0.1) is 0 Å². The number of nitrogen functional groups attached to an aromatic ring is 1. The average molecular weight is 272 g/mol. The minimum atomic E-state index is 0.199. The van der Waals surface area contributed by atoms with E-state index in [0.717, 1.165) is 38.5 Å². The lowest BCUT2D eigenvalue weighted by Gasteiger charge is -2.32. The molecule has 0 aliphatic carbocycles. The van der Waals surface area contributed by atoms with Gasteiger partial charge in [-0.1, -0.05) is 12.1 Å². The molecule has 2 heterocycles. The first-order valence-electron chi connectivity index (χ1n) is 6.95. The number of benzene rings is 1. The Kier molecular flexibility index (Phi) is 3.99. The lowest BCUT2D eigenvalue weighted by molar-refractivity contribution is -0.0402. The Morgan fingerprint density at radius 2 is 2.30 bits per heavy atom. The van der Waals surface area contributed by atoms with Gasteiger partial charge in [0.15, 0.2) is 0 Å². The molecule has 0 bridgehead atoms. The largest absolute Gasteiger partial charge is 0.399 e. The second-order valence-corrected chi connectivity index (χ2v) is 5.20. The lowest BCUT2D eigenvalue weighted by atomic mass is 10.1. The molecule has 3 rings (SSSR count). The molecular formula is C15H20N4O. The van der Waals surface area contributed by atoms with E-state index in [-0.39, 0.29) is 6.10 Å². The SMILES string of the molecule is Nc1cccc(CN2CCOC(Cn3cccn3)C2)c1. The van der Waals surface area contributed by atoms with Crippen molar-refractivity contribution in [2.24, 2.45) is 0 Å². The summed E-state index contributed by atoms with van der Waals surface area (Å²) in [6.45, 7) is 4.39. The van der Waals surface area contributed by atoms with Crippen molar-refractivity contribution in [3.8, 4) is 0 Å². The fraction of sp³-hybridized carbons (Fsp3) is 0.400. The number of rotatable bonds is 4. The molecule has 2 aromatic rings. The average Bonchev–Trinajstić information content (AvgIpc) is 2.92. The summed E-state index contributed by atoms with van der Waals surface area (Å²) in [5.41, 5.74) is 7.90. The summed E-state index contributed by atoms with van der Waals surface area (Å²) in [4.78, 5) is 2.41. The third kappa shape index (κ3) is 3.37. The van der Waals surface area contributed by atoms with Crippen molar-refractivity contribution in [3.05, 3.63) is 48.3 Å². The maximum Gasteiger partial charge on any atom is 0.0898 e. The first kappa shape index (κ1) is 13.1. The third-order valence-corrected chi connectivity index (χ3v) is 3.53. The highest BCUT2D eigenvalue weighted by molar-refractivity contribution is 5.40. The van der Waals surface area contributed by atoms with Gasteiger partial charge in [-0.15, -0.1) is 0 Å². The number of hydrogen-bond donors (Lipinski definition) is 1. The van der Waals surface area contributed by atoms with E-state index in [1.807, 2.05) is 35.1 Å². The Hall–Kier alpha value is -1.85. The van der Waals surface area contributed by atoms with Crippen molar-refractivity contribution in [2.75, 3.05) is 25.4 Å². The van der Waals surface area contributed by atoms with E-state index in [0.29, 0.717) is 0 Å². The molecule has 1 unspecified atom stereocenters. The van der Waals surface area contributed by atoms with Gasteiger partial charge in [0, 0.05) is 37.7 Å². The fourth-order valence-electron chi connectivity index (χ4n) is 2.60. The molecule has 5 heteroatoms. The van der Waals surface area contributed by atoms with Crippen LogP contribution in [-0.4, -0.2) is 40.5 Å². The van der Waals surface area contributed by atoms with Gasteiger partial charge in [0.25, 0.3) is 0 Å². The molecule has 1 aromatic carbocycles. The van der Waals surface area contributed by atoms with Gasteiger partial charge in [-0.2, -0.15) is 5.10 Å². The maximum atomic E-state index is 5.83. The van der Waals surface area contributed by atoms with Crippen molar-refractivity contribution >= 4 is 5.69 Å².